The Morgan fingerprint density at radius 1 is 0.900 bits per heavy atom. The lowest BCUT2D eigenvalue weighted by atomic mass is 10.1. The van der Waals surface area contributed by atoms with Gasteiger partial charge in [0, 0.05) is 18.7 Å². The van der Waals surface area contributed by atoms with Gasteiger partial charge in [0.25, 0.3) is 5.91 Å². The first-order valence-electron chi connectivity index (χ1n) is 10.7. The number of halogens is 1. The smallest absolute Gasteiger partial charge is 0.251 e. The quantitative estimate of drug-likeness (QED) is 0.128. The number of amides is 2. The van der Waals surface area contributed by atoms with Crippen LogP contribution in [0.1, 0.15) is 74.7 Å². The van der Waals surface area contributed by atoms with Crippen molar-refractivity contribution >= 4 is 41.8 Å². The minimum atomic E-state index is -0.566. The number of carbonyl (C=O) groups excluding carboxylic acids is 2. The standard InChI is InChI=1S/C22H37N5O2.HI/c1-3-5-6-7-8-9-10-15-25-22(24-4-2)27-16-18-11-13-19(14-12-18)21(29)26-17-20(23)28;/h11-14H,3-10,15-17H2,1-2H3,(H2,23,28)(H,26,29)(H2,24,25,27);1H. The van der Waals surface area contributed by atoms with Gasteiger partial charge < -0.3 is 21.7 Å². The molecule has 0 spiro atoms. The lowest BCUT2D eigenvalue weighted by molar-refractivity contribution is -0.117. The van der Waals surface area contributed by atoms with Crippen molar-refractivity contribution < 1.29 is 9.59 Å². The summed E-state index contributed by atoms with van der Waals surface area (Å²) in [4.78, 5) is 27.2. The minimum absolute atomic E-state index is 0. The number of unbranched alkanes of at least 4 members (excludes halogenated alkanes) is 6. The van der Waals surface area contributed by atoms with Crippen molar-refractivity contribution in [3.05, 3.63) is 35.4 Å². The summed E-state index contributed by atoms with van der Waals surface area (Å²) >= 11 is 0. The minimum Gasteiger partial charge on any atom is -0.368 e. The van der Waals surface area contributed by atoms with Crippen LogP contribution in [0.2, 0.25) is 0 Å². The SMILES string of the molecule is CCCCCCCCCNC(=NCc1ccc(C(=O)NCC(N)=O)cc1)NCC.I. The first-order valence-corrected chi connectivity index (χ1v) is 10.7. The fourth-order valence-electron chi connectivity index (χ4n) is 2.83. The van der Waals surface area contributed by atoms with Crippen LogP contribution in [0.4, 0.5) is 0 Å². The van der Waals surface area contributed by atoms with Gasteiger partial charge in [-0.1, -0.05) is 57.6 Å². The van der Waals surface area contributed by atoms with Crippen LogP contribution >= 0.6 is 24.0 Å². The normalized spacial score (nSPS) is 10.8. The number of benzene rings is 1. The number of aliphatic imine (C=N–C) groups is 1. The Balaban J connectivity index is 0.00000841. The van der Waals surface area contributed by atoms with E-state index in [-0.39, 0.29) is 36.4 Å². The summed E-state index contributed by atoms with van der Waals surface area (Å²) < 4.78 is 0. The zero-order valence-corrected chi connectivity index (χ0v) is 20.7. The molecular formula is C22H38IN5O2. The number of rotatable bonds is 14. The molecule has 0 heterocycles. The fourth-order valence-corrected chi connectivity index (χ4v) is 2.83. The van der Waals surface area contributed by atoms with Gasteiger partial charge in [-0.25, -0.2) is 4.99 Å². The molecule has 1 aromatic rings. The van der Waals surface area contributed by atoms with Crippen molar-refractivity contribution in [3.63, 3.8) is 0 Å². The molecule has 7 nitrogen and oxygen atoms in total. The highest BCUT2D eigenvalue weighted by Gasteiger charge is 2.06. The molecular weight excluding hydrogens is 493 g/mol. The molecule has 0 bridgehead atoms. The predicted octanol–water partition coefficient (Wildman–Crippen LogP) is 3.33. The Bertz CT molecular complexity index is 635. The number of primary amides is 1. The molecule has 30 heavy (non-hydrogen) atoms. The van der Waals surface area contributed by atoms with E-state index in [9.17, 15) is 9.59 Å². The van der Waals surface area contributed by atoms with Crippen LogP contribution in [-0.4, -0.2) is 37.4 Å². The van der Waals surface area contributed by atoms with Crippen molar-refractivity contribution in [1.29, 1.82) is 0 Å². The molecule has 2 amide bonds. The summed E-state index contributed by atoms with van der Waals surface area (Å²) in [6, 6.07) is 7.17. The van der Waals surface area contributed by atoms with Crippen molar-refractivity contribution in [2.75, 3.05) is 19.6 Å². The predicted molar refractivity (Wildman–Crippen MR) is 134 cm³/mol. The molecule has 8 heteroatoms. The number of carbonyl (C=O) groups is 2. The van der Waals surface area contributed by atoms with Gasteiger partial charge in [-0.15, -0.1) is 24.0 Å². The molecule has 1 rings (SSSR count). The van der Waals surface area contributed by atoms with Gasteiger partial charge in [0.2, 0.25) is 5.91 Å². The van der Waals surface area contributed by atoms with Crippen LogP contribution in [0.15, 0.2) is 29.3 Å². The van der Waals surface area contributed by atoms with E-state index in [1.165, 1.54) is 38.5 Å². The van der Waals surface area contributed by atoms with Crippen LogP contribution in [0.5, 0.6) is 0 Å². The zero-order chi connectivity index (χ0) is 21.3. The van der Waals surface area contributed by atoms with E-state index in [1.807, 2.05) is 19.1 Å². The van der Waals surface area contributed by atoms with E-state index >= 15 is 0 Å². The molecule has 0 unspecified atom stereocenters. The molecule has 0 atom stereocenters. The van der Waals surface area contributed by atoms with Gasteiger partial charge in [0.15, 0.2) is 5.96 Å². The van der Waals surface area contributed by atoms with Crippen molar-refractivity contribution in [3.8, 4) is 0 Å². The third-order valence-electron chi connectivity index (χ3n) is 4.48. The molecule has 0 aliphatic heterocycles. The van der Waals surface area contributed by atoms with Gasteiger partial charge in [-0.2, -0.15) is 0 Å². The first-order chi connectivity index (χ1) is 14.1. The van der Waals surface area contributed by atoms with Gasteiger partial charge >= 0.3 is 0 Å². The molecule has 170 valence electrons. The second-order valence-electron chi connectivity index (χ2n) is 7.09. The largest absolute Gasteiger partial charge is 0.368 e. The van der Waals surface area contributed by atoms with E-state index in [0.717, 1.165) is 31.0 Å². The molecule has 5 N–H and O–H groups in total. The highest BCUT2D eigenvalue weighted by Crippen LogP contribution is 2.07. The van der Waals surface area contributed by atoms with Gasteiger partial charge in [0.05, 0.1) is 13.1 Å². The number of hydrogen-bond acceptors (Lipinski definition) is 3. The average Bonchev–Trinajstić information content (AvgIpc) is 2.72. The van der Waals surface area contributed by atoms with Crippen LogP contribution in [0, 0.1) is 0 Å². The zero-order valence-electron chi connectivity index (χ0n) is 18.3. The number of hydrogen-bond donors (Lipinski definition) is 4. The van der Waals surface area contributed by atoms with Gasteiger partial charge in [0.1, 0.15) is 0 Å². The summed E-state index contributed by atoms with van der Waals surface area (Å²) in [6.45, 7) is 6.37. The van der Waals surface area contributed by atoms with Gasteiger partial charge in [-0.05, 0) is 31.0 Å². The third-order valence-corrected chi connectivity index (χ3v) is 4.48. The van der Waals surface area contributed by atoms with E-state index < -0.39 is 5.91 Å². The van der Waals surface area contributed by atoms with Crippen molar-refractivity contribution in [2.45, 2.75) is 65.3 Å². The average molecular weight is 531 g/mol. The maximum absolute atomic E-state index is 11.9. The molecule has 0 aliphatic carbocycles. The van der Waals surface area contributed by atoms with Crippen LogP contribution in [0.3, 0.4) is 0 Å². The highest BCUT2D eigenvalue weighted by molar-refractivity contribution is 14.0. The Hall–Kier alpha value is -1.84. The van der Waals surface area contributed by atoms with E-state index in [0.29, 0.717) is 12.1 Å². The van der Waals surface area contributed by atoms with Crippen molar-refractivity contribution in [1.82, 2.24) is 16.0 Å². The topological polar surface area (TPSA) is 109 Å². The highest BCUT2D eigenvalue weighted by atomic mass is 127. The summed E-state index contributed by atoms with van der Waals surface area (Å²) in [6.07, 6.45) is 9.00. The Morgan fingerprint density at radius 2 is 1.53 bits per heavy atom. The number of guanidine groups is 1. The third kappa shape index (κ3) is 13.4. The Labute approximate surface area is 198 Å². The second-order valence-corrected chi connectivity index (χ2v) is 7.09. The monoisotopic (exact) mass is 531 g/mol. The molecule has 0 fully saturated rings. The molecule has 1 aromatic carbocycles. The Kier molecular flexibility index (Phi) is 16.9. The maximum Gasteiger partial charge on any atom is 0.251 e. The second kappa shape index (κ2) is 18.0. The van der Waals surface area contributed by atoms with Crippen LogP contribution < -0.4 is 21.7 Å². The molecule has 0 aliphatic rings. The van der Waals surface area contributed by atoms with Crippen LogP contribution in [-0.2, 0) is 11.3 Å². The molecule has 0 radical (unpaired) electrons. The Morgan fingerprint density at radius 3 is 2.13 bits per heavy atom. The molecule has 0 aromatic heterocycles. The van der Waals surface area contributed by atoms with Crippen molar-refractivity contribution in [2.24, 2.45) is 10.7 Å². The lowest BCUT2D eigenvalue weighted by Gasteiger charge is -2.11. The summed E-state index contributed by atoms with van der Waals surface area (Å²) in [7, 11) is 0. The number of nitrogens with zero attached hydrogens (tertiary/aromatic N) is 1. The van der Waals surface area contributed by atoms with E-state index in [1.54, 1.807) is 12.1 Å². The number of nitrogens with two attached hydrogens (primary N) is 1. The van der Waals surface area contributed by atoms with Gasteiger partial charge in [-0.3, -0.25) is 9.59 Å². The van der Waals surface area contributed by atoms with Crippen LogP contribution in [0.25, 0.3) is 0 Å². The fraction of sp³-hybridized carbons (Fsp3) is 0.591. The maximum atomic E-state index is 11.9. The van der Waals surface area contributed by atoms with E-state index in [2.05, 4.69) is 27.9 Å². The summed E-state index contributed by atoms with van der Waals surface area (Å²) in [5, 5.41) is 9.11. The summed E-state index contributed by atoms with van der Waals surface area (Å²) in [5.74, 6) is -0.0745. The number of nitrogens with one attached hydrogen (secondary N) is 3. The van der Waals surface area contributed by atoms with E-state index in [4.69, 9.17) is 5.73 Å². The lowest BCUT2D eigenvalue weighted by Crippen LogP contribution is -2.37. The summed E-state index contributed by atoms with van der Waals surface area (Å²) in [5.41, 5.74) is 6.52. The molecule has 0 saturated carbocycles. The molecule has 0 saturated heterocycles. The first kappa shape index (κ1) is 28.2.